The predicted octanol–water partition coefficient (Wildman–Crippen LogP) is 2.69. The summed E-state index contributed by atoms with van der Waals surface area (Å²) in [4.78, 5) is 31.0. The van der Waals surface area contributed by atoms with Crippen LogP contribution in [0.5, 0.6) is 0 Å². The van der Waals surface area contributed by atoms with Crippen molar-refractivity contribution in [3.05, 3.63) is 51.7 Å². The van der Waals surface area contributed by atoms with Crippen molar-refractivity contribution in [3.8, 4) is 0 Å². The fraction of sp³-hybridized carbons (Fsp3) is 0.421. The Kier molecular flexibility index (Phi) is 5.98. The van der Waals surface area contributed by atoms with Crippen molar-refractivity contribution in [2.24, 2.45) is 5.92 Å². The topological polar surface area (TPSA) is 62.3 Å². The van der Waals surface area contributed by atoms with Crippen LogP contribution in [-0.4, -0.2) is 34.8 Å². The number of likely N-dealkylation sites (tertiary alicyclic amines) is 1. The van der Waals surface area contributed by atoms with E-state index in [0.717, 1.165) is 29.1 Å². The zero-order valence-electron chi connectivity index (χ0n) is 14.7. The summed E-state index contributed by atoms with van der Waals surface area (Å²) in [6, 6.07) is 5.96. The number of carbonyl (C=O) groups is 2. The van der Waals surface area contributed by atoms with Crippen LogP contribution in [0.2, 0.25) is 0 Å². The third-order valence-corrected chi connectivity index (χ3v) is 5.46. The first-order valence-electron chi connectivity index (χ1n) is 8.72. The summed E-state index contributed by atoms with van der Waals surface area (Å²) in [5.41, 5.74) is 1.73. The largest absolute Gasteiger partial charge is 0.349 e. The lowest BCUT2D eigenvalue weighted by molar-refractivity contribution is -0.135. The van der Waals surface area contributed by atoms with Gasteiger partial charge in [-0.15, -0.1) is 11.3 Å². The molecule has 5 nitrogen and oxygen atoms in total. The van der Waals surface area contributed by atoms with Crippen LogP contribution in [0.15, 0.2) is 29.6 Å². The minimum atomic E-state index is -0.314. The van der Waals surface area contributed by atoms with Crippen LogP contribution in [-0.2, 0) is 22.6 Å². The highest BCUT2D eigenvalue weighted by molar-refractivity contribution is 7.09. The molecule has 0 aliphatic carbocycles. The summed E-state index contributed by atoms with van der Waals surface area (Å²) in [7, 11) is 0. The predicted molar refractivity (Wildman–Crippen MR) is 98.1 cm³/mol. The van der Waals surface area contributed by atoms with Crippen molar-refractivity contribution < 1.29 is 14.0 Å². The Bertz CT molecular complexity index is 775. The first-order chi connectivity index (χ1) is 12.5. The number of halogens is 1. The molecule has 1 fully saturated rings. The summed E-state index contributed by atoms with van der Waals surface area (Å²) in [5.74, 6) is -0.560. The van der Waals surface area contributed by atoms with E-state index in [0.29, 0.717) is 19.6 Å². The molecule has 1 saturated heterocycles. The van der Waals surface area contributed by atoms with Gasteiger partial charge in [0.1, 0.15) is 10.8 Å². The Morgan fingerprint density at radius 2 is 2.12 bits per heavy atom. The molecule has 3 rings (SSSR count). The zero-order valence-corrected chi connectivity index (χ0v) is 15.5. The number of aromatic nitrogens is 1. The maximum Gasteiger partial charge on any atom is 0.227 e. The van der Waals surface area contributed by atoms with E-state index in [-0.39, 0.29) is 30.0 Å². The Morgan fingerprint density at radius 1 is 1.35 bits per heavy atom. The lowest BCUT2D eigenvalue weighted by Crippen LogP contribution is -2.45. The van der Waals surface area contributed by atoms with Crippen LogP contribution in [0, 0.1) is 18.7 Å². The first-order valence-corrected chi connectivity index (χ1v) is 9.60. The standard InChI is InChI=1S/C19H22FN3O2S/c1-13-12-26-17(22-13)10-21-19(25)15-3-2-8-23(11-15)18(24)9-14-4-6-16(20)7-5-14/h4-7,12,15H,2-3,8-11H2,1H3,(H,21,25). The molecule has 2 amide bonds. The van der Waals surface area contributed by atoms with Crippen molar-refractivity contribution in [1.29, 1.82) is 0 Å². The van der Waals surface area contributed by atoms with Gasteiger partial charge in [-0.05, 0) is 37.5 Å². The summed E-state index contributed by atoms with van der Waals surface area (Å²) in [6.07, 6.45) is 1.82. The number of carbonyl (C=O) groups excluding carboxylic acids is 2. The Morgan fingerprint density at radius 3 is 2.81 bits per heavy atom. The molecule has 1 unspecified atom stereocenters. The molecule has 26 heavy (non-hydrogen) atoms. The number of nitrogens with zero attached hydrogens (tertiary/aromatic N) is 2. The molecule has 1 aliphatic rings. The van der Waals surface area contributed by atoms with Gasteiger partial charge in [-0.25, -0.2) is 9.37 Å². The van der Waals surface area contributed by atoms with Crippen LogP contribution < -0.4 is 5.32 Å². The molecule has 138 valence electrons. The van der Waals surface area contributed by atoms with Gasteiger partial charge in [0.15, 0.2) is 0 Å². The molecule has 2 aromatic rings. The van der Waals surface area contributed by atoms with Gasteiger partial charge in [-0.1, -0.05) is 12.1 Å². The Labute approximate surface area is 156 Å². The van der Waals surface area contributed by atoms with Crippen LogP contribution in [0.25, 0.3) is 0 Å². The Balaban J connectivity index is 1.51. The van der Waals surface area contributed by atoms with Crippen molar-refractivity contribution in [2.75, 3.05) is 13.1 Å². The zero-order chi connectivity index (χ0) is 18.5. The van der Waals surface area contributed by atoms with Gasteiger partial charge < -0.3 is 10.2 Å². The number of benzene rings is 1. The third-order valence-electron chi connectivity index (χ3n) is 4.49. The monoisotopic (exact) mass is 375 g/mol. The number of nitrogens with one attached hydrogen (secondary N) is 1. The van der Waals surface area contributed by atoms with E-state index in [1.807, 2.05) is 12.3 Å². The summed E-state index contributed by atoms with van der Waals surface area (Å²) >= 11 is 1.53. The molecular formula is C19H22FN3O2S. The van der Waals surface area contributed by atoms with Crippen LogP contribution in [0.3, 0.4) is 0 Å². The van der Waals surface area contributed by atoms with Gasteiger partial charge in [0.25, 0.3) is 0 Å². The highest BCUT2D eigenvalue weighted by Gasteiger charge is 2.28. The quantitative estimate of drug-likeness (QED) is 0.874. The molecule has 0 bridgehead atoms. The van der Waals surface area contributed by atoms with Gasteiger partial charge in [-0.3, -0.25) is 9.59 Å². The smallest absolute Gasteiger partial charge is 0.227 e. The van der Waals surface area contributed by atoms with E-state index >= 15 is 0 Å². The lowest BCUT2D eigenvalue weighted by Gasteiger charge is -2.32. The normalized spacial score (nSPS) is 17.2. The summed E-state index contributed by atoms with van der Waals surface area (Å²) in [5, 5.41) is 5.77. The van der Waals surface area contributed by atoms with E-state index in [1.54, 1.807) is 17.0 Å². The SMILES string of the molecule is Cc1csc(CNC(=O)C2CCCN(C(=O)Cc3ccc(F)cc3)C2)n1. The fourth-order valence-electron chi connectivity index (χ4n) is 3.10. The number of piperidine rings is 1. The van der Waals surface area contributed by atoms with Crippen molar-refractivity contribution >= 4 is 23.2 Å². The third kappa shape index (κ3) is 4.88. The average molecular weight is 375 g/mol. The van der Waals surface area contributed by atoms with Crippen LogP contribution >= 0.6 is 11.3 Å². The minimum absolute atomic E-state index is 0.0235. The molecule has 0 spiro atoms. The van der Waals surface area contributed by atoms with E-state index in [9.17, 15) is 14.0 Å². The summed E-state index contributed by atoms with van der Waals surface area (Å²) < 4.78 is 13.0. The molecule has 1 aliphatic heterocycles. The number of hydrogen-bond donors (Lipinski definition) is 1. The second-order valence-corrected chi connectivity index (χ2v) is 7.53. The number of rotatable bonds is 5. The van der Waals surface area contributed by atoms with E-state index in [2.05, 4.69) is 10.3 Å². The van der Waals surface area contributed by atoms with Crippen molar-refractivity contribution in [1.82, 2.24) is 15.2 Å². The molecule has 1 N–H and O–H groups in total. The number of aryl methyl sites for hydroxylation is 1. The first kappa shape index (κ1) is 18.5. The van der Waals surface area contributed by atoms with Gasteiger partial charge in [-0.2, -0.15) is 0 Å². The van der Waals surface area contributed by atoms with E-state index < -0.39 is 0 Å². The molecule has 0 radical (unpaired) electrons. The van der Waals surface area contributed by atoms with Crippen LogP contribution in [0.1, 0.15) is 29.1 Å². The van der Waals surface area contributed by atoms with E-state index in [1.165, 1.54) is 23.5 Å². The average Bonchev–Trinajstić information content (AvgIpc) is 3.07. The van der Waals surface area contributed by atoms with Crippen molar-refractivity contribution in [2.45, 2.75) is 32.7 Å². The molecular weight excluding hydrogens is 353 g/mol. The number of thiazole rings is 1. The second-order valence-electron chi connectivity index (χ2n) is 6.58. The number of hydrogen-bond acceptors (Lipinski definition) is 4. The summed E-state index contributed by atoms with van der Waals surface area (Å²) in [6.45, 7) is 3.45. The number of amides is 2. The Hall–Kier alpha value is -2.28. The van der Waals surface area contributed by atoms with Gasteiger partial charge >= 0.3 is 0 Å². The highest BCUT2D eigenvalue weighted by atomic mass is 32.1. The minimum Gasteiger partial charge on any atom is -0.349 e. The van der Waals surface area contributed by atoms with Crippen LogP contribution in [0.4, 0.5) is 4.39 Å². The lowest BCUT2D eigenvalue weighted by atomic mass is 9.96. The molecule has 0 saturated carbocycles. The molecule has 1 aromatic carbocycles. The molecule has 2 heterocycles. The van der Waals surface area contributed by atoms with Crippen molar-refractivity contribution in [3.63, 3.8) is 0 Å². The van der Waals surface area contributed by atoms with Gasteiger partial charge in [0.05, 0.1) is 18.9 Å². The maximum atomic E-state index is 13.0. The van der Waals surface area contributed by atoms with Gasteiger partial charge in [0, 0.05) is 24.2 Å². The molecule has 1 atom stereocenters. The van der Waals surface area contributed by atoms with Gasteiger partial charge in [0.2, 0.25) is 11.8 Å². The highest BCUT2D eigenvalue weighted by Crippen LogP contribution is 2.18. The maximum absolute atomic E-state index is 13.0. The second kappa shape index (κ2) is 8.40. The van der Waals surface area contributed by atoms with E-state index in [4.69, 9.17) is 0 Å². The molecule has 1 aromatic heterocycles. The molecule has 7 heteroatoms. The fourth-order valence-corrected chi connectivity index (χ4v) is 3.81.